The first-order valence-corrected chi connectivity index (χ1v) is 19.5. The van der Waals surface area contributed by atoms with Gasteiger partial charge in [0.1, 0.15) is 33.9 Å². The first-order valence-electron chi connectivity index (χ1n) is 16.8. The number of carbonyl (C=O) groups is 5. The number of nitrogens with zero attached hydrogens (tertiary/aromatic N) is 6. The number of allylic oxidation sites excluding steroid dienone is 1. The lowest BCUT2D eigenvalue weighted by atomic mass is 9.80. The molecule has 20 heteroatoms. The zero-order valence-corrected chi connectivity index (χ0v) is 30.7. The predicted octanol–water partition coefficient (Wildman–Crippen LogP) is 2.31. The zero-order valence-electron chi connectivity index (χ0n) is 28.2. The van der Waals surface area contributed by atoms with Crippen molar-refractivity contribution < 1.29 is 33.9 Å². The minimum atomic E-state index is -1.40. The first-order chi connectivity index (χ1) is 25.6. The van der Waals surface area contributed by atoms with Gasteiger partial charge in [-0.25, -0.2) is 9.78 Å². The quantitative estimate of drug-likeness (QED) is 0.0768. The number of thiazole rings is 1. The fourth-order valence-electron chi connectivity index (χ4n) is 6.82. The van der Waals surface area contributed by atoms with Gasteiger partial charge in [0.25, 0.3) is 11.8 Å². The van der Waals surface area contributed by atoms with Crippen molar-refractivity contribution in [1.29, 1.82) is 0 Å². The molecule has 2 saturated heterocycles. The number of aromatic nitrogens is 4. The number of amides is 4. The molecule has 0 radical (unpaired) electrons. The molecular formula is C33H34N10O7S3. The van der Waals surface area contributed by atoms with Crippen molar-refractivity contribution in [1.82, 2.24) is 35.7 Å². The number of thioether (sulfide) groups is 1. The number of pyridine rings is 1. The van der Waals surface area contributed by atoms with Gasteiger partial charge >= 0.3 is 5.97 Å². The summed E-state index contributed by atoms with van der Waals surface area (Å²) in [5, 5.41) is 33.0. The van der Waals surface area contributed by atoms with Gasteiger partial charge in [-0.2, -0.15) is 0 Å². The molecule has 4 aliphatic rings. The van der Waals surface area contributed by atoms with Crippen LogP contribution in [0.3, 0.4) is 0 Å². The van der Waals surface area contributed by atoms with Crippen LogP contribution in [0.25, 0.3) is 0 Å². The lowest BCUT2D eigenvalue weighted by Gasteiger charge is -2.50. The third kappa shape index (κ3) is 7.51. The molecule has 3 aromatic rings. The summed E-state index contributed by atoms with van der Waals surface area (Å²) < 4.78 is 0. The van der Waals surface area contributed by atoms with E-state index < -0.39 is 46.9 Å². The molecule has 0 aromatic carbocycles. The van der Waals surface area contributed by atoms with E-state index in [0.717, 1.165) is 41.9 Å². The highest BCUT2D eigenvalue weighted by molar-refractivity contribution is 8.00. The van der Waals surface area contributed by atoms with Crippen LogP contribution < -0.4 is 21.7 Å². The van der Waals surface area contributed by atoms with Crippen molar-refractivity contribution in [2.24, 2.45) is 5.16 Å². The van der Waals surface area contributed by atoms with Gasteiger partial charge in [-0.1, -0.05) is 16.5 Å². The molecule has 6 N–H and O–H groups in total. The highest BCUT2D eigenvalue weighted by Crippen LogP contribution is 2.47. The number of anilines is 2. The fraction of sp³-hybridized carbons (Fsp3) is 0.394. The zero-order chi connectivity index (χ0) is 37.2. The Kier molecular flexibility index (Phi) is 10.5. The summed E-state index contributed by atoms with van der Waals surface area (Å²) in [5.41, 5.74) is 7.07. The minimum absolute atomic E-state index is 0.0573. The fourth-order valence-corrected chi connectivity index (χ4v) is 9.34. The summed E-state index contributed by atoms with van der Waals surface area (Å²) in [6.45, 7) is 2.07. The van der Waals surface area contributed by atoms with Crippen molar-refractivity contribution >= 4 is 80.0 Å². The second kappa shape index (κ2) is 15.4. The average molecular weight is 779 g/mol. The van der Waals surface area contributed by atoms with Crippen LogP contribution in [-0.2, 0) is 28.8 Å². The van der Waals surface area contributed by atoms with Crippen molar-refractivity contribution in [3.63, 3.8) is 0 Å². The van der Waals surface area contributed by atoms with E-state index in [-0.39, 0.29) is 52.5 Å². The van der Waals surface area contributed by atoms with E-state index in [2.05, 4.69) is 41.3 Å². The number of carboxylic acids is 1. The SMILES string of the molecule is Cc1nnc(NC(=O)CC(C(=C2CCNC2=O)C2=C(C(=O)O)N3C(=O)[C@@H](NC(=O)C(=NOC4CCCC4)c4csc(N)n4)[C@H]3SC2)c2ccncc2)s1. The molecule has 1 unspecified atom stereocenters. The third-order valence-electron chi connectivity index (χ3n) is 9.24. The second-order valence-electron chi connectivity index (χ2n) is 12.6. The first kappa shape index (κ1) is 36.2. The predicted molar refractivity (Wildman–Crippen MR) is 196 cm³/mol. The molecule has 4 amide bonds. The molecule has 3 aromatic heterocycles. The number of fused-ring (bicyclic) bond motifs is 1. The van der Waals surface area contributed by atoms with E-state index in [4.69, 9.17) is 10.6 Å². The average Bonchev–Trinajstić information content (AvgIpc) is 3.98. The number of nitrogens with one attached hydrogen (secondary N) is 3. The maximum Gasteiger partial charge on any atom is 0.352 e. The molecule has 17 nitrogen and oxygen atoms in total. The number of aryl methyl sites for hydroxylation is 1. The number of carbonyl (C=O) groups excluding carboxylic acids is 4. The Hall–Kier alpha value is -5.21. The van der Waals surface area contributed by atoms with Gasteiger partial charge in [-0.3, -0.25) is 29.1 Å². The standard InChI is InChI=1S/C33H34N10O7S3/c1-15-40-41-33(53-15)38-22(44)12-19(16-6-9-35-10-7-16)23(18-8-11-36-27(18)45)20-13-51-30-25(29(47)43(30)26(20)31(48)49)39-28(46)24(21-14-52-32(34)37-21)42-50-17-4-2-3-5-17/h6-7,9-10,14,17,19,25,30H,2-5,8,11-13H2,1H3,(H2,34,37)(H,36,45)(H,39,46)(H,48,49)(H,38,41,44)/t19?,25-,30-/m1/s1. The number of aliphatic carboxylic acids is 1. The molecule has 53 heavy (non-hydrogen) atoms. The van der Waals surface area contributed by atoms with Crippen LogP contribution >= 0.6 is 34.4 Å². The Morgan fingerprint density at radius 1 is 1.19 bits per heavy atom. The summed E-state index contributed by atoms with van der Waals surface area (Å²) in [5.74, 6) is -4.35. The summed E-state index contributed by atoms with van der Waals surface area (Å²) in [6.07, 6.45) is 6.62. The Bertz CT molecular complexity index is 2060. The Morgan fingerprint density at radius 2 is 1.96 bits per heavy atom. The van der Waals surface area contributed by atoms with E-state index in [9.17, 15) is 29.1 Å². The van der Waals surface area contributed by atoms with Gasteiger partial charge < -0.3 is 31.6 Å². The summed E-state index contributed by atoms with van der Waals surface area (Å²) >= 11 is 3.56. The number of nitrogens with two attached hydrogens (primary N) is 1. The molecule has 6 heterocycles. The third-order valence-corrected chi connectivity index (χ3v) is 11.9. The molecule has 1 aliphatic carbocycles. The summed E-state index contributed by atoms with van der Waals surface area (Å²) in [7, 11) is 0. The largest absolute Gasteiger partial charge is 0.477 e. The lowest BCUT2D eigenvalue weighted by Crippen LogP contribution is -2.71. The number of rotatable bonds is 12. The monoisotopic (exact) mass is 778 g/mol. The van der Waals surface area contributed by atoms with Crippen LogP contribution in [0.1, 0.15) is 60.7 Å². The van der Waals surface area contributed by atoms with Crippen LogP contribution in [0.2, 0.25) is 0 Å². The van der Waals surface area contributed by atoms with Gasteiger partial charge in [0.2, 0.25) is 16.9 Å². The maximum atomic E-state index is 13.9. The van der Waals surface area contributed by atoms with Crippen LogP contribution in [0.15, 0.2) is 57.5 Å². The molecule has 3 aliphatic heterocycles. The van der Waals surface area contributed by atoms with E-state index in [1.165, 1.54) is 23.1 Å². The Labute approximate surface area is 314 Å². The number of β-lactam (4-membered cyclic amide) rings is 1. The number of carboxylic acid groups (broad SMARTS) is 1. The molecule has 0 bridgehead atoms. The van der Waals surface area contributed by atoms with Gasteiger partial charge in [-0.15, -0.1) is 33.3 Å². The van der Waals surface area contributed by atoms with Gasteiger partial charge in [0.15, 0.2) is 10.8 Å². The molecule has 3 atom stereocenters. The minimum Gasteiger partial charge on any atom is -0.477 e. The Balaban J connectivity index is 1.21. The molecule has 0 spiro atoms. The van der Waals surface area contributed by atoms with E-state index >= 15 is 0 Å². The van der Waals surface area contributed by atoms with Crippen LogP contribution in [0, 0.1) is 6.92 Å². The van der Waals surface area contributed by atoms with Crippen molar-refractivity contribution in [3.05, 3.63) is 68.6 Å². The van der Waals surface area contributed by atoms with Crippen LogP contribution in [0.5, 0.6) is 0 Å². The number of hydrogen-bond acceptors (Lipinski definition) is 15. The van der Waals surface area contributed by atoms with Crippen LogP contribution in [-0.4, -0.2) is 95.3 Å². The highest BCUT2D eigenvalue weighted by atomic mass is 32.2. The number of hydrogen-bond donors (Lipinski definition) is 5. The molecule has 276 valence electrons. The summed E-state index contributed by atoms with van der Waals surface area (Å²) in [6, 6.07) is 2.30. The number of oxime groups is 1. The topological polar surface area (TPSA) is 244 Å². The van der Waals surface area contributed by atoms with E-state index in [0.29, 0.717) is 33.4 Å². The normalized spacial score (nSPS) is 21.8. The van der Waals surface area contributed by atoms with E-state index in [1.807, 2.05) is 0 Å². The smallest absolute Gasteiger partial charge is 0.352 e. The highest BCUT2D eigenvalue weighted by Gasteiger charge is 2.55. The van der Waals surface area contributed by atoms with E-state index in [1.54, 1.807) is 36.8 Å². The molecule has 1 saturated carbocycles. The lowest BCUT2D eigenvalue weighted by molar-refractivity contribution is -0.150. The molecule has 7 rings (SSSR count). The summed E-state index contributed by atoms with van der Waals surface area (Å²) in [4.78, 5) is 82.6. The molecular weight excluding hydrogens is 745 g/mol. The van der Waals surface area contributed by atoms with Crippen molar-refractivity contribution in [3.8, 4) is 0 Å². The number of nitrogen functional groups attached to an aromatic ring is 1. The van der Waals surface area contributed by atoms with Gasteiger partial charge in [0.05, 0.1) is 0 Å². The Morgan fingerprint density at radius 3 is 2.60 bits per heavy atom. The molecule has 3 fully saturated rings. The van der Waals surface area contributed by atoms with Crippen molar-refractivity contribution in [2.45, 2.75) is 68.9 Å². The van der Waals surface area contributed by atoms with Crippen molar-refractivity contribution in [2.75, 3.05) is 23.3 Å². The maximum absolute atomic E-state index is 13.9. The van der Waals surface area contributed by atoms with Gasteiger partial charge in [0, 0.05) is 48.0 Å². The van der Waals surface area contributed by atoms with Gasteiger partial charge in [-0.05, 0) is 67.9 Å². The van der Waals surface area contributed by atoms with Crippen LogP contribution in [0.4, 0.5) is 10.3 Å². The second-order valence-corrected chi connectivity index (χ2v) is 15.8.